The van der Waals surface area contributed by atoms with E-state index in [0.29, 0.717) is 11.3 Å². The molecule has 3 aromatic rings. The molecule has 0 bridgehead atoms. The van der Waals surface area contributed by atoms with Gasteiger partial charge in [0.2, 0.25) is 6.10 Å². The molecule has 4 rings (SSSR count). The Balaban J connectivity index is 1.58. The Labute approximate surface area is 167 Å². The predicted octanol–water partition coefficient (Wildman–Crippen LogP) is 3.90. The van der Waals surface area contributed by atoms with Gasteiger partial charge in [0, 0.05) is 35.9 Å². The molecule has 28 heavy (non-hydrogen) atoms. The summed E-state index contributed by atoms with van der Waals surface area (Å²) < 4.78 is 8.56. The third-order valence-corrected chi connectivity index (χ3v) is 6.22. The molecule has 146 valence electrons. The molecule has 0 spiro atoms. The number of thiophene rings is 1. The fraction of sp³-hybridized carbons (Fsp3) is 0.381. The van der Waals surface area contributed by atoms with Crippen molar-refractivity contribution in [1.29, 1.82) is 0 Å². The number of pyridine rings is 1. The number of nitrogens with zero attached hydrogens (tertiary/aromatic N) is 2. The minimum atomic E-state index is -0.995. The summed E-state index contributed by atoms with van der Waals surface area (Å²) in [5.41, 5.74) is 2.05. The van der Waals surface area contributed by atoms with Crippen molar-refractivity contribution < 1.29 is 14.3 Å². The molecule has 1 amide bonds. The fourth-order valence-corrected chi connectivity index (χ4v) is 4.75. The molecule has 1 aliphatic carbocycles. The van der Waals surface area contributed by atoms with Gasteiger partial charge in [-0.1, -0.05) is 12.8 Å². The maximum Gasteiger partial charge on any atom is 0.356 e. The van der Waals surface area contributed by atoms with E-state index >= 15 is 0 Å². The van der Waals surface area contributed by atoms with Crippen LogP contribution in [0.1, 0.15) is 52.7 Å². The van der Waals surface area contributed by atoms with Crippen LogP contribution in [0, 0.1) is 6.92 Å². The van der Waals surface area contributed by atoms with Crippen LogP contribution in [0.5, 0.6) is 0 Å². The second kappa shape index (κ2) is 7.75. The van der Waals surface area contributed by atoms with Crippen LogP contribution < -0.4 is 5.32 Å². The fourth-order valence-electron chi connectivity index (χ4n) is 3.76. The molecule has 0 aliphatic heterocycles. The SMILES string of the molecule is Cc1cc2c(cc(C(=O)OC(C(=O)NC3CCCC3)c3ccncc3)n2C)s1. The summed E-state index contributed by atoms with van der Waals surface area (Å²) >= 11 is 1.63. The smallest absolute Gasteiger partial charge is 0.356 e. The van der Waals surface area contributed by atoms with Gasteiger partial charge in [-0.25, -0.2) is 4.79 Å². The number of amides is 1. The van der Waals surface area contributed by atoms with Crippen LogP contribution in [-0.4, -0.2) is 27.5 Å². The van der Waals surface area contributed by atoms with Crippen molar-refractivity contribution in [3.8, 4) is 0 Å². The zero-order valence-corrected chi connectivity index (χ0v) is 16.8. The van der Waals surface area contributed by atoms with Crippen molar-refractivity contribution in [2.75, 3.05) is 0 Å². The highest BCUT2D eigenvalue weighted by Crippen LogP contribution is 2.29. The summed E-state index contributed by atoms with van der Waals surface area (Å²) in [5, 5.41) is 3.04. The second-order valence-corrected chi connectivity index (χ2v) is 8.54. The maximum absolute atomic E-state index is 12.9. The lowest BCUT2D eigenvalue weighted by molar-refractivity contribution is -0.131. The van der Waals surface area contributed by atoms with Crippen molar-refractivity contribution in [3.05, 3.63) is 52.8 Å². The molecule has 0 radical (unpaired) electrons. The summed E-state index contributed by atoms with van der Waals surface area (Å²) in [6.07, 6.45) is 6.37. The van der Waals surface area contributed by atoms with E-state index in [4.69, 9.17) is 4.74 Å². The summed E-state index contributed by atoms with van der Waals surface area (Å²) in [4.78, 5) is 31.0. The number of nitrogens with one attached hydrogen (secondary N) is 1. The number of aromatic nitrogens is 2. The lowest BCUT2D eigenvalue weighted by atomic mass is 10.1. The number of carbonyl (C=O) groups is 2. The first-order chi connectivity index (χ1) is 13.5. The number of hydrogen-bond donors (Lipinski definition) is 1. The first-order valence-electron chi connectivity index (χ1n) is 9.50. The lowest BCUT2D eigenvalue weighted by Crippen LogP contribution is -2.38. The minimum Gasteiger partial charge on any atom is -0.443 e. The number of rotatable bonds is 5. The standard InChI is InChI=1S/C21H23N3O3S/c1-13-11-16-18(28-13)12-17(24(16)2)21(26)27-19(14-7-9-22-10-8-14)20(25)23-15-5-3-4-6-15/h7-12,15,19H,3-6H2,1-2H3,(H,23,25). The molecule has 0 saturated heterocycles. The Morgan fingerprint density at radius 3 is 2.64 bits per heavy atom. The number of esters is 1. The third-order valence-electron chi connectivity index (χ3n) is 5.24. The maximum atomic E-state index is 12.9. The highest BCUT2D eigenvalue weighted by atomic mass is 32.1. The van der Waals surface area contributed by atoms with Gasteiger partial charge in [0.05, 0.1) is 10.2 Å². The molecule has 6 nitrogen and oxygen atoms in total. The monoisotopic (exact) mass is 397 g/mol. The van der Waals surface area contributed by atoms with Gasteiger partial charge in [-0.05, 0) is 44.0 Å². The van der Waals surface area contributed by atoms with Gasteiger partial charge in [0.1, 0.15) is 5.69 Å². The van der Waals surface area contributed by atoms with Crippen molar-refractivity contribution in [2.45, 2.75) is 44.8 Å². The van der Waals surface area contributed by atoms with E-state index in [1.807, 2.05) is 30.7 Å². The van der Waals surface area contributed by atoms with E-state index in [0.717, 1.165) is 35.9 Å². The number of ether oxygens (including phenoxy) is 1. The topological polar surface area (TPSA) is 73.2 Å². The van der Waals surface area contributed by atoms with E-state index in [1.165, 1.54) is 4.88 Å². The van der Waals surface area contributed by atoms with Gasteiger partial charge in [0.15, 0.2) is 0 Å². The van der Waals surface area contributed by atoms with Gasteiger partial charge in [0.25, 0.3) is 5.91 Å². The van der Waals surface area contributed by atoms with E-state index in [9.17, 15) is 9.59 Å². The van der Waals surface area contributed by atoms with Gasteiger partial charge in [-0.3, -0.25) is 9.78 Å². The quantitative estimate of drug-likeness (QED) is 0.663. The zero-order chi connectivity index (χ0) is 19.7. The molecule has 1 atom stereocenters. The second-order valence-electron chi connectivity index (χ2n) is 7.25. The van der Waals surface area contributed by atoms with E-state index in [-0.39, 0.29) is 11.9 Å². The van der Waals surface area contributed by atoms with Gasteiger partial charge in [-0.2, -0.15) is 0 Å². The molecule has 7 heteroatoms. The average molecular weight is 398 g/mol. The third kappa shape index (κ3) is 3.67. The van der Waals surface area contributed by atoms with Gasteiger partial charge in [-0.15, -0.1) is 11.3 Å². The Morgan fingerprint density at radius 2 is 1.96 bits per heavy atom. The Hall–Kier alpha value is -2.67. The molecule has 3 aromatic heterocycles. The van der Waals surface area contributed by atoms with E-state index < -0.39 is 12.1 Å². The van der Waals surface area contributed by atoms with Gasteiger partial charge >= 0.3 is 5.97 Å². The summed E-state index contributed by atoms with van der Waals surface area (Å²) in [6.45, 7) is 2.04. The van der Waals surface area contributed by atoms with Crippen LogP contribution in [-0.2, 0) is 16.6 Å². The number of hydrogen-bond acceptors (Lipinski definition) is 5. The normalized spacial score (nSPS) is 15.6. The molecule has 1 unspecified atom stereocenters. The zero-order valence-electron chi connectivity index (χ0n) is 16.0. The van der Waals surface area contributed by atoms with Crippen LogP contribution >= 0.6 is 11.3 Å². The van der Waals surface area contributed by atoms with Crippen molar-refractivity contribution in [1.82, 2.24) is 14.9 Å². The number of carbonyl (C=O) groups excluding carboxylic acids is 2. The Morgan fingerprint density at radius 1 is 1.25 bits per heavy atom. The lowest BCUT2D eigenvalue weighted by Gasteiger charge is -2.20. The van der Waals surface area contributed by atoms with E-state index in [1.54, 1.807) is 35.9 Å². The molecular weight excluding hydrogens is 374 g/mol. The molecule has 3 heterocycles. The molecule has 1 saturated carbocycles. The number of fused-ring (bicyclic) bond motifs is 1. The molecule has 0 aromatic carbocycles. The van der Waals surface area contributed by atoms with Crippen molar-refractivity contribution in [3.63, 3.8) is 0 Å². The first-order valence-corrected chi connectivity index (χ1v) is 10.3. The van der Waals surface area contributed by atoms with Crippen LogP contribution in [0.3, 0.4) is 0 Å². The summed E-state index contributed by atoms with van der Waals surface area (Å²) in [5.74, 6) is -0.787. The molecule has 1 fully saturated rings. The highest BCUT2D eigenvalue weighted by molar-refractivity contribution is 7.19. The summed E-state index contributed by atoms with van der Waals surface area (Å²) in [7, 11) is 1.84. The van der Waals surface area contributed by atoms with Gasteiger partial charge < -0.3 is 14.6 Å². The Kier molecular flexibility index (Phi) is 5.17. The van der Waals surface area contributed by atoms with Crippen molar-refractivity contribution in [2.24, 2.45) is 7.05 Å². The minimum absolute atomic E-state index is 0.152. The summed E-state index contributed by atoms with van der Waals surface area (Å²) in [6, 6.07) is 7.44. The van der Waals surface area contributed by atoms with Crippen LogP contribution in [0.25, 0.3) is 10.2 Å². The van der Waals surface area contributed by atoms with Crippen LogP contribution in [0.2, 0.25) is 0 Å². The largest absolute Gasteiger partial charge is 0.443 e. The van der Waals surface area contributed by atoms with E-state index in [2.05, 4.69) is 10.3 Å². The molecule has 1 aliphatic rings. The van der Waals surface area contributed by atoms with Crippen LogP contribution in [0.15, 0.2) is 36.7 Å². The number of aryl methyl sites for hydroxylation is 2. The highest BCUT2D eigenvalue weighted by Gasteiger charge is 2.29. The molecule has 1 N–H and O–H groups in total. The molecular formula is C21H23N3O3S. The van der Waals surface area contributed by atoms with Crippen LogP contribution in [0.4, 0.5) is 0 Å². The Bertz CT molecular complexity index is 1000. The predicted molar refractivity (Wildman–Crippen MR) is 108 cm³/mol. The van der Waals surface area contributed by atoms with Crippen molar-refractivity contribution >= 4 is 33.4 Å². The average Bonchev–Trinajstić information content (AvgIpc) is 3.39. The first kappa shape index (κ1) is 18.7.